The van der Waals surface area contributed by atoms with Gasteiger partial charge in [-0.25, -0.2) is 0 Å². The van der Waals surface area contributed by atoms with Gasteiger partial charge < -0.3 is 10.0 Å². The van der Waals surface area contributed by atoms with Crippen LogP contribution in [0.4, 0.5) is 18.9 Å². The molecule has 0 saturated carbocycles. The second kappa shape index (κ2) is 6.97. The van der Waals surface area contributed by atoms with Crippen molar-refractivity contribution in [1.29, 1.82) is 0 Å². The van der Waals surface area contributed by atoms with Crippen molar-refractivity contribution in [3.8, 4) is 5.75 Å². The van der Waals surface area contributed by atoms with Crippen LogP contribution < -0.4 is 4.90 Å². The third-order valence-electron chi connectivity index (χ3n) is 4.14. The predicted octanol–water partition coefficient (Wildman–Crippen LogP) is 5.17. The lowest BCUT2D eigenvalue weighted by atomic mass is 10.1. The van der Waals surface area contributed by atoms with Crippen LogP contribution >= 0.6 is 11.8 Å². The number of thioether (sulfide) groups is 1. The van der Waals surface area contributed by atoms with Gasteiger partial charge in [-0.05, 0) is 61.4 Å². The fourth-order valence-corrected chi connectivity index (χ4v) is 3.93. The number of hydrogen-bond donors (Lipinski definition) is 1. The van der Waals surface area contributed by atoms with E-state index in [4.69, 9.17) is 0 Å². The second-order valence-corrected chi connectivity index (χ2v) is 7.22. The average molecular weight is 353 g/mol. The molecule has 0 amide bonds. The number of phenolic OH excluding ortho intramolecular Hbond substituents is 1. The average Bonchev–Trinajstić information content (AvgIpc) is 2.56. The van der Waals surface area contributed by atoms with Crippen molar-refractivity contribution >= 4 is 17.4 Å². The van der Waals surface area contributed by atoms with Crippen molar-refractivity contribution in [1.82, 2.24) is 0 Å². The van der Waals surface area contributed by atoms with Crippen LogP contribution in [0.1, 0.15) is 18.4 Å². The predicted molar refractivity (Wildman–Crippen MR) is 90.6 cm³/mol. The number of rotatable bonds is 3. The summed E-state index contributed by atoms with van der Waals surface area (Å²) in [5.74, 6) is 0.256. The normalized spacial score (nSPS) is 16.4. The van der Waals surface area contributed by atoms with Gasteiger partial charge in [0, 0.05) is 28.9 Å². The van der Waals surface area contributed by atoms with Crippen LogP contribution in [0.3, 0.4) is 0 Å². The molecule has 1 heterocycles. The highest BCUT2D eigenvalue weighted by Gasteiger charge is 2.30. The largest absolute Gasteiger partial charge is 0.508 e. The number of hydrogen-bond acceptors (Lipinski definition) is 3. The van der Waals surface area contributed by atoms with Crippen molar-refractivity contribution in [2.75, 3.05) is 18.0 Å². The zero-order valence-corrected chi connectivity index (χ0v) is 13.8. The summed E-state index contributed by atoms with van der Waals surface area (Å²) in [6.07, 6.45) is -2.32. The van der Waals surface area contributed by atoms with Crippen molar-refractivity contribution in [3.05, 3.63) is 54.1 Å². The lowest BCUT2D eigenvalue weighted by Crippen LogP contribution is -2.34. The lowest BCUT2D eigenvalue weighted by Gasteiger charge is -2.33. The molecule has 0 bridgehead atoms. The first-order valence-corrected chi connectivity index (χ1v) is 8.68. The molecule has 1 aliphatic rings. The maximum absolute atomic E-state index is 12.6. The Morgan fingerprint density at radius 1 is 0.917 bits per heavy atom. The highest BCUT2D eigenvalue weighted by molar-refractivity contribution is 8.00. The SMILES string of the molecule is Oc1ccc(N2CCC(Sc3ccc(C(F)(F)F)cc3)CC2)cc1. The number of benzene rings is 2. The molecule has 2 aromatic carbocycles. The molecule has 128 valence electrons. The topological polar surface area (TPSA) is 23.5 Å². The fourth-order valence-electron chi connectivity index (χ4n) is 2.81. The van der Waals surface area contributed by atoms with Crippen LogP contribution in [0.15, 0.2) is 53.4 Å². The molecule has 3 rings (SSSR count). The van der Waals surface area contributed by atoms with Gasteiger partial charge in [0.2, 0.25) is 0 Å². The molecule has 1 N–H and O–H groups in total. The molecular weight excluding hydrogens is 335 g/mol. The van der Waals surface area contributed by atoms with Gasteiger partial charge in [-0.3, -0.25) is 0 Å². The van der Waals surface area contributed by atoms with E-state index in [1.54, 1.807) is 36.0 Å². The first kappa shape index (κ1) is 17.0. The van der Waals surface area contributed by atoms with Gasteiger partial charge in [0.1, 0.15) is 5.75 Å². The van der Waals surface area contributed by atoms with Gasteiger partial charge in [-0.15, -0.1) is 11.8 Å². The van der Waals surface area contributed by atoms with Crippen LogP contribution in [0, 0.1) is 0 Å². The second-order valence-electron chi connectivity index (χ2n) is 5.84. The molecule has 2 aromatic rings. The molecule has 0 spiro atoms. The number of alkyl halides is 3. The molecule has 0 unspecified atom stereocenters. The summed E-state index contributed by atoms with van der Waals surface area (Å²) in [5, 5.41) is 9.75. The third kappa shape index (κ3) is 4.17. The molecule has 1 aliphatic heterocycles. The van der Waals surface area contributed by atoms with Gasteiger partial charge in [0.25, 0.3) is 0 Å². The highest BCUT2D eigenvalue weighted by Crippen LogP contribution is 2.35. The molecule has 24 heavy (non-hydrogen) atoms. The summed E-state index contributed by atoms with van der Waals surface area (Å²) in [5.41, 5.74) is 0.486. The Balaban J connectivity index is 1.54. The van der Waals surface area contributed by atoms with E-state index in [1.807, 2.05) is 12.1 Å². The van der Waals surface area contributed by atoms with E-state index in [0.29, 0.717) is 5.25 Å². The zero-order valence-electron chi connectivity index (χ0n) is 13.0. The minimum absolute atomic E-state index is 0.256. The minimum Gasteiger partial charge on any atom is -0.508 e. The first-order valence-electron chi connectivity index (χ1n) is 7.80. The number of halogens is 3. The van der Waals surface area contributed by atoms with Gasteiger partial charge in [-0.2, -0.15) is 13.2 Å². The van der Waals surface area contributed by atoms with E-state index in [9.17, 15) is 18.3 Å². The summed E-state index contributed by atoms with van der Waals surface area (Å²) in [6.45, 7) is 1.81. The van der Waals surface area contributed by atoms with Gasteiger partial charge in [0.15, 0.2) is 0 Å². The van der Waals surface area contributed by atoms with Gasteiger partial charge in [-0.1, -0.05) is 0 Å². The molecule has 0 aliphatic carbocycles. The standard InChI is InChI=1S/C18H18F3NOS/c19-18(20,21)13-1-7-16(8-2-13)24-17-9-11-22(12-10-17)14-3-5-15(23)6-4-14/h1-8,17,23H,9-12H2. The van der Waals surface area contributed by atoms with E-state index in [1.165, 1.54) is 0 Å². The number of phenols is 1. The van der Waals surface area contributed by atoms with Crippen LogP contribution in [-0.2, 0) is 6.18 Å². The molecule has 0 atom stereocenters. The summed E-state index contributed by atoms with van der Waals surface area (Å²) in [6, 6.07) is 12.6. The Kier molecular flexibility index (Phi) is 4.94. The van der Waals surface area contributed by atoms with Crippen LogP contribution in [0.25, 0.3) is 0 Å². The smallest absolute Gasteiger partial charge is 0.416 e. The summed E-state index contributed by atoms with van der Waals surface area (Å²) >= 11 is 1.65. The van der Waals surface area contributed by atoms with Crippen molar-refractivity contribution in [3.63, 3.8) is 0 Å². The zero-order chi connectivity index (χ0) is 17.2. The number of aromatic hydroxyl groups is 1. The van der Waals surface area contributed by atoms with E-state index >= 15 is 0 Å². The number of piperidine rings is 1. The number of nitrogens with zero attached hydrogens (tertiary/aromatic N) is 1. The Bertz CT molecular complexity index is 662. The maximum Gasteiger partial charge on any atom is 0.416 e. The van der Waals surface area contributed by atoms with Crippen molar-refractivity contribution in [2.24, 2.45) is 0 Å². The van der Waals surface area contributed by atoms with Crippen LogP contribution in [0.5, 0.6) is 5.75 Å². The highest BCUT2D eigenvalue weighted by atomic mass is 32.2. The number of anilines is 1. The summed E-state index contributed by atoms with van der Waals surface area (Å²) in [4.78, 5) is 3.15. The first-order chi connectivity index (χ1) is 11.4. The Morgan fingerprint density at radius 2 is 1.50 bits per heavy atom. The minimum atomic E-state index is -4.28. The van der Waals surface area contributed by atoms with E-state index in [0.717, 1.165) is 48.6 Å². The van der Waals surface area contributed by atoms with Crippen molar-refractivity contribution < 1.29 is 18.3 Å². The van der Waals surface area contributed by atoms with E-state index < -0.39 is 11.7 Å². The molecule has 1 fully saturated rings. The monoisotopic (exact) mass is 353 g/mol. The van der Waals surface area contributed by atoms with Crippen molar-refractivity contribution in [2.45, 2.75) is 29.2 Å². The molecule has 1 saturated heterocycles. The summed E-state index contributed by atoms with van der Waals surface area (Å²) in [7, 11) is 0. The fraction of sp³-hybridized carbons (Fsp3) is 0.333. The molecule has 6 heteroatoms. The van der Waals surface area contributed by atoms with Crippen LogP contribution in [-0.4, -0.2) is 23.4 Å². The van der Waals surface area contributed by atoms with Gasteiger partial charge in [0.05, 0.1) is 5.56 Å². The van der Waals surface area contributed by atoms with Crippen LogP contribution in [0.2, 0.25) is 0 Å². The lowest BCUT2D eigenvalue weighted by molar-refractivity contribution is -0.137. The quantitative estimate of drug-likeness (QED) is 0.823. The Labute approximate surface area is 143 Å². The summed E-state index contributed by atoms with van der Waals surface area (Å²) < 4.78 is 37.7. The van der Waals surface area contributed by atoms with Gasteiger partial charge >= 0.3 is 6.18 Å². The molecule has 2 nitrogen and oxygen atoms in total. The maximum atomic E-state index is 12.6. The Hall–Kier alpha value is -1.82. The molecule has 0 radical (unpaired) electrons. The van der Waals surface area contributed by atoms with E-state index in [2.05, 4.69) is 4.90 Å². The third-order valence-corrected chi connectivity index (χ3v) is 5.49. The van der Waals surface area contributed by atoms with E-state index in [-0.39, 0.29) is 5.75 Å². The Morgan fingerprint density at radius 3 is 2.04 bits per heavy atom. The molecule has 0 aromatic heterocycles. The molecular formula is C18H18F3NOS.